The molecule has 0 N–H and O–H groups in total. The molecule has 2 amide bonds. The Morgan fingerprint density at radius 2 is 2.28 bits per heavy atom. The fourth-order valence-corrected chi connectivity index (χ4v) is 3.17. The molecule has 0 radical (unpaired) electrons. The predicted octanol–water partition coefficient (Wildman–Crippen LogP) is 1.40. The molecule has 2 aliphatic heterocycles. The van der Waals surface area contributed by atoms with Gasteiger partial charge in [0.25, 0.3) is 0 Å². The molecule has 6 heteroatoms. The summed E-state index contributed by atoms with van der Waals surface area (Å²) < 4.78 is 0. The molecule has 0 aromatic carbocycles. The van der Waals surface area contributed by atoms with Gasteiger partial charge in [-0.25, -0.2) is 0 Å². The fraction of sp³-hybridized carbons (Fsp3) is 0.500. The molecule has 1 saturated heterocycles. The molecule has 5 nitrogen and oxygen atoms in total. The van der Waals surface area contributed by atoms with Gasteiger partial charge in [-0.3, -0.25) is 14.5 Å². The molecule has 1 fully saturated rings. The predicted molar refractivity (Wildman–Crippen MR) is 65.9 cm³/mol. The number of carbonyl (C=O) groups is 2. The molecule has 96 valence electrons. The van der Waals surface area contributed by atoms with Gasteiger partial charge in [0.15, 0.2) is 5.75 Å². The minimum absolute atomic E-state index is 0.0767. The molecular weight excluding hydrogens is 252 g/mol. The Kier molecular flexibility index (Phi) is 2.83. The van der Waals surface area contributed by atoms with Gasteiger partial charge in [-0.05, 0) is 18.7 Å². The molecule has 2 aliphatic rings. The van der Waals surface area contributed by atoms with E-state index in [0.29, 0.717) is 25.9 Å². The molecule has 0 spiro atoms. The van der Waals surface area contributed by atoms with Crippen LogP contribution in [-0.2, 0) is 16.1 Å². The summed E-state index contributed by atoms with van der Waals surface area (Å²) in [4.78, 5) is 30.8. The van der Waals surface area contributed by atoms with Gasteiger partial charge >= 0.3 is 0 Å². The molecule has 1 unspecified atom stereocenters. The van der Waals surface area contributed by atoms with Crippen LogP contribution in [0, 0.1) is 0 Å². The number of carbonyl (C=O) groups excluding carboxylic acids is 2. The first kappa shape index (κ1) is 11.7. The maximum Gasteiger partial charge on any atom is 0.249 e. The summed E-state index contributed by atoms with van der Waals surface area (Å²) >= 11 is 1.60. The van der Waals surface area contributed by atoms with Crippen molar-refractivity contribution in [2.75, 3.05) is 6.54 Å². The highest BCUT2D eigenvalue weighted by Gasteiger charge is 2.40. The van der Waals surface area contributed by atoms with Crippen LogP contribution in [0.4, 0.5) is 0 Å². The molecule has 1 aromatic heterocycles. The smallest absolute Gasteiger partial charge is 0.249 e. The van der Waals surface area contributed by atoms with Gasteiger partial charge in [0.1, 0.15) is 6.04 Å². The van der Waals surface area contributed by atoms with Crippen molar-refractivity contribution in [2.24, 2.45) is 0 Å². The van der Waals surface area contributed by atoms with E-state index < -0.39 is 0 Å². The average Bonchev–Trinajstić information content (AvgIpc) is 2.90. The van der Waals surface area contributed by atoms with E-state index in [1.54, 1.807) is 16.4 Å². The van der Waals surface area contributed by atoms with E-state index >= 15 is 0 Å². The monoisotopic (exact) mass is 266 g/mol. The summed E-state index contributed by atoms with van der Waals surface area (Å²) in [5.41, 5.74) is 1.12. The van der Waals surface area contributed by atoms with Crippen molar-refractivity contribution in [3.8, 4) is 5.75 Å². The summed E-state index contributed by atoms with van der Waals surface area (Å²) in [6.45, 7) is 2.88. The number of hydrogen-bond donors (Lipinski definition) is 0. The van der Waals surface area contributed by atoms with Gasteiger partial charge in [-0.2, -0.15) is 0 Å². The van der Waals surface area contributed by atoms with Crippen LogP contribution in [0.15, 0.2) is 10.8 Å². The molecule has 3 rings (SSSR count). The van der Waals surface area contributed by atoms with Crippen LogP contribution in [0.2, 0.25) is 0 Å². The third-order valence-corrected chi connectivity index (χ3v) is 4.16. The highest BCUT2D eigenvalue weighted by molar-refractivity contribution is 7.08. The lowest BCUT2D eigenvalue weighted by molar-refractivity contribution is -0.165. The molecule has 1 aromatic rings. The standard InChI is InChI=1S/C12H14N2O3S/c1-2-13-11(15)4-3-9(12(13)16)14-5-8-6-18-7-10(8)17-14/h6-7,9H,2-5H2,1H3. The Bertz CT molecular complexity index is 479. The van der Waals surface area contributed by atoms with E-state index in [2.05, 4.69) is 0 Å². The molecule has 0 aliphatic carbocycles. The first-order valence-corrected chi connectivity index (χ1v) is 6.99. The van der Waals surface area contributed by atoms with Gasteiger partial charge in [-0.15, -0.1) is 16.4 Å². The van der Waals surface area contributed by atoms with Crippen LogP contribution < -0.4 is 4.84 Å². The van der Waals surface area contributed by atoms with E-state index in [1.807, 2.05) is 17.7 Å². The lowest BCUT2D eigenvalue weighted by Gasteiger charge is -2.33. The maximum atomic E-state index is 12.2. The Hall–Kier alpha value is -1.40. The van der Waals surface area contributed by atoms with Gasteiger partial charge in [-0.1, -0.05) is 0 Å². The molecule has 18 heavy (non-hydrogen) atoms. The quantitative estimate of drug-likeness (QED) is 0.759. The van der Waals surface area contributed by atoms with E-state index in [4.69, 9.17) is 4.84 Å². The maximum absolute atomic E-state index is 12.2. The highest BCUT2D eigenvalue weighted by atomic mass is 32.1. The molecule has 1 atom stereocenters. The van der Waals surface area contributed by atoms with Crippen molar-refractivity contribution in [3.63, 3.8) is 0 Å². The zero-order valence-corrected chi connectivity index (χ0v) is 10.9. The van der Waals surface area contributed by atoms with Crippen molar-refractivity contribution in [1.29, 1.82) is 0 Å². The van der Waals surface area contributed by atoms with E-state index in [-0.39, 0.29) is 17.9 Å². The summed E-state index contributed by atoms with van der Waals surface area (Å²) in [7, 11) is 0. The molecular formula is C12H14N2O3S. The average molecular weight is 266 g/mol. The van der Waals surface area contributed by atoms with Gasteiger partial charge in [0.05, 0.1) is 6.54 Å². The number of hydrogen-bond acceptors (Lipinski definition) is 5. The zero-order chi connectivity index (χ0) is 12.7. The Morgan fingerprint density at radius 1 is 1.44 bits per heavy atom. The number of fused-ring (bicyclic) bond motifs is 1. The first-order chi connectivity index (χ1) is 8.70. The normalized spacial score (nSPS) is 24.3. The highest BCUT2D eigenvalue weighted by Crippen LogP contribution is 2.34. The third kappa shape index (κ3) is 1.72. The second-order valence-corrected chi connectivity index (χ2v) is 5.20. The van der Waals surface area contributed by atoms with E-state index in [0.717, 1.165) is 11.3 Å². The van der Waals surface area contributed by atoms with Gasteiger partial charge in [0.2, 0.25) is 11.8 Å². The van der Waals surface area contributed by atoms with Crippen LogP contribution >= 0.6 is 11.3 Å². The number of likely N-dealkylation sites (tertiary alicyclic amines) is 1. The van der Waals surface area contributed by atoms with Crippen LogP contribution in [0.3, 0.4) is 0 Å². The minimum atomic E-state index is -0.333. The third-order valence-electron chi connectivity index (χ3n) is 3.39. The Labute approximate surface area is 109 Å². The largest absolute Gasteiger partial charge is 0.404 e. The zero-order valence-electron chi connectivity index (χ0n) is 10.1. The van der Waals surface area contributed by atoms with Crippen LogP contribution in [0.1, 0.15) is 25.3 Å². The number of piperidine rings is 1. The van der Waals surface area contributed by atoms with Crippen LogP contribution in [0.5, 0.6) is 5.75 Å². The number of rotatable bonds is 2. The van der Waals surface area contributed by atoms with Crippen molar-refractivity contribution >= 4 is 23.2 Å². The topological polar surface area (TPSA) is 49.9 Å². The van der Waals surface area contributed by atoms with Crippen molar-refractivity contribution < 1.29 is 14.4 Å². The van der Waals surface area contributed by atoms with Crippen LogP contribution in [-0.4, -0.2) is 34.4 Å². The van der Waals surface area contributed by atoms with Crippen LogP contribution in [0.25, 0.3) is 0 Å². The SMILES string of the molecule is CCN1C(=O)CCC(N2Cc3cscc3O2)C1=O. The second-order valence-electron chi connectivity index (χ2n) is 4.46. The number of likely N-dealkylation sites (N-methyl/N-ethyl adjacent to an activating group) is 1. The lowest BCUT2D eigenvalue weighted by atomic mass is 10.0. The fourth-order valence-electron chi connectivity index (χ4n) is 2.43. The summed E-state index contributed by atoms with van der Waals surface area (Å²) in [5, 5.41) is 5.67. The Morgan fingerprint density at radius 3 is 3.00 bits per heavy atom. The first-order valence-electron chi connectivity index (χ1n) is 6.04. The second kappa shape index (κ2) is 4.37. The van der Waals surface area contributed by atoms with Gasteiger partial charge < -0.3 is 4.84 Å². The number of thiophene rings is 1. The minimum Gasteiger partial charge on any atom is -0.404 e. The number of amides is 2. The summed E-state index contributed by atoms with van der Waals surface area (Å²) in [6.07, 6.45) is 0.957. The van der Waals surface area contributed by atoms with Gasteiger partial charge in [0, 0.05) is 23.9 Å². The van der Waals surface area contributed by atoms with Crippen molar-refractivity contribution in [3.05, 3.63) is 16.3 Å². The number of hydroxylamine groups is 2. The van der Waals surface area contributed by atoms with E-state index in [1.165, 1.54) is 4.90 Å². The lowest BCUT2D eigenvalue weighted by Crippen LogP contribution is -2.54. The summed E-state index contributed by atoms with van der Waals surface area (Å²) in [5.74, 6) is 0.627. The summed E-state index contributed by atoms with van der Waals surface area (Å²) in [6, 6.07) is -0.333. The Balaban J connectivity index is 1.76. The number of nitrogens with zero attached hydrogens (tertiary/aromatic N) is 2. The molecule has 0 saturated carbocycles. The number of imide groups is 1. The van der Waals surface area contributed by atoms with E-state index in [9.17, 15) is 9.59 Å². The molecule has 3 heterocycles. The van der Waals surface area contributed by atoms with Crippen molar-refractivity contribution in [1.82, 2.24) is 9.96 Å². The molecule has 0 bridgehead atoms. The van der Waals surface area contributed by atoms with Crippen molar-refractivity contribution in [2.45, 2.75) is 32.4 Å².